The van der Waals surface area contributed by atoms with E-state index in [1.165, 1.54) is 7.11 Å². The van der Waals surface area contributed by atoms with Crippen molar-refractivity contribution in [1.82, 2.24) is 5.32 Å². The summed E-state index contributed by atoms with van der Waals surface area (Å²) in [5, 5.41) is 3.04. The zero-order valence-corrected chi connectivity index (χ0v) is 8.88. The summed E-state index contributed by atoms with van der Waals surface area (Å²) in [5.74, 6) is 0.404. The monoisotopic (exact) mass is 213 g/mol. The maximum absolute atomic E-state index is 14.8. The van der Waals surface area contributed by atoms with Gasteiger partial charge in [-0.3, -0.25) is 0 Å². The topological polar surface area (TPSA) is 38.3 Å². The lowest BCUT2D eigenvalue weighted by Gasteiger charge is -2.35. The molecule has 2 saturated carbocycles. The van der Waals surface area contributed by atoms with E-state index in [9.17, 15) is 9.18 Å². The molecule has 0 aromatic rings. The van der Waals surface area contributed by atoms with Crippen molar-refractivity contribution in [3.63, 3.8) is 0 Å². The number of carbonyl (C=O) groups is 1. The Morgan fingerprint density at radius 2 is 2.33 bits per heavy atom. The van der Waals surface area contributed by atoms with Crippen LogP contribution in [0.15, 0.2) is 0 Å². The van der Waals surface area contributed by atoms with Crippen LogP contribution in [0.2, 0.25) is 0 Å². The van der Waals surface area contributed by atoms with E-state index >= 15 is 0 Å². The molecule has 4 unspecified atom stereocenters. The van der Waals surface area contributed by atoms with Gasteiger partial charge >= 0.3 is 5.97 Å². The summed E-state index contributed by atoms with van der Waals surface area (Å²) in [6.45, 7) is 0.767. The smallest absolute Gasteiger partial charge is 0.345 e. The first-order chi connectivity index (χ1) is 7.14. The molecule has 4 heteroatoms. The number of nitrogens with one attached hydrogen (secondary N) is 1. The van der Waals surface area contributed by atoms with E-state index in [1.807, 2.05) is 0 Å². The van der Waals surface area contributed by atoms with Crippen LogP contribution in [-0.4, -0.2) is 31.8 Å². The highest BCUT2D eigenvalue weighted by Crippen LogP contribution is 2.67. The Hall–Kier alpha value is -0.640. The van der Waals surface area contributed by atoms with Gasteiger partial charge in [0, 0.05) is 18.5 Å². The molecule has 4 atom stereocenters. The Labute approximate surface area is 88.4 Å². The average molecular weight is 213 g/mol. The standard InChI is InChI=1S/C11H16FNO2/c1-15-9(14)11(12)6-13-5-10(11)3-2-7-4-8(7)10/h7-8,13H,2-6H2,1H3. The Bertz CT molecular complexity index is 318. The van der Waals surface area contributed by atoms with Crippen molar-refractivity contribution in [1.29, 1.82) is 0 Å². The quantitative estimate of drug-likeness (QED) is 0.657. The molecule has 1 aliphatic heterocycles. The number of fused-ring (bicyclic) bond motifs is 2. The zero-order valence-electron chi connectivity index (χ0n) is 8.88. The van der Waals surface area contributed by atoms with Gasteiger partial charge in [-0.15, -0.1) is 0 Å². The van der Waals surface area contributed by atoms with Gasteiger partial charge in [0.05, 0.1) is 7.11 Å². The van der Waals surface area contributed by atoms with Gasteiger partial charge in [-0.2, -0.15) is 0 Å². The molecule has 1 heterocycles. The SMILES string of the molecule is COC(=O)C1(F)CNCC12CCC1CC12. The van der Waals surface area contributed by atoms with Gasteiger partial charge in [0.25, 0.3) is 0 Å². The molecule has 1 saturated heterocycles. The third-order valence-electron chi connectivity index (χ3n) is 4.70. The molecule has 0 bridgehead atoms. The van der Waals surface area contributed by atoms with Gasteiger partial charge in [-0.05, 0) is 31.1 Å². The Balaban J connectivity index is 1.97. The van der Waals surface area contributed by atoms with E-state index < -0.39 is 17.1 Å². The van der Waals surface area contributed by atoms with Crippen LogP contribution in [0, 0.1) is 17.3 Å². The van der Waals surface area contributed by atoms with E-state index in [0.717, 1.165) is 19.3 Å². The minimum absolute atomic E-state index is 0.128. The van der Waals surface area contributed by atoms with Gasteiger partial charge in [-0.1, -0.05) is 0 Å². The number of alkyl halides is 1. The second-order valence-corrected chi connectivity index (χ2v) is 5.19. The highest BCUT2D eigenvalue weighted by Gasteiger charge is 2.72. The second kappa shape index (κ2) is 2.73. The molecule has 0 aromatic heterocycles. The number of rotatable bonds is 1. The summed E-state index contributed by atoms with van der Waals surface area (Å²) < 4.78 is 19.4. The summed E-state index contributed by atoms with van der Waals surface area (Å²) in [5.41, 5.74) is -2.23. The summed E-state index contributed by atoms with van der Waals surface area (Å²) >= 11 is 0. The Morgan fingerprint density at radius 1 is 1.53 bits per heavy atom. The van der Waals surface area contributed by atoms with Crippen LogP contribution in [0.5, 0.6) is 0 Å². The molecule has 1 N–H and O–H groups in total. The number of hydrogen-bond acceptors (Lipinski definition) is 3. The van der Waals surface area contributed by atoms with Crippen LogP contribution in [0.25, 0.3) is 0 Å². The highest BCUT2D eigenvalue weighted by molar-refractivity contribution is 5.82. The molecule has 0 aromatic carbocycles. The number of esters is 1. The number of carbonyl (C=O) groups excluding carboxylic acids is 1. The molecule has 0 radical (unpaired) electrons. The fraction of sp³-hybridized carbons (Fsp3) is 0.909. The average Bonchev–Trinajstić information content (AvgIpc) is 2.85. The first-order valence-corrected chi connectivity index (χ1v) is 5.62. The number of hydrogen-bond donors (Lipinski definition) is 1. The minimum Gasteiger partial charge on any atom is -0.467 e. The van der Waals surface area contributed by atoms with E-state index in [0.29, 0.717) is 18.4 Å². The number of methoxy groups -OCH3 is 1. The van der Waals surface area contributed by atoms with E-state index in [2.05, 4.69) is 10.1 Å². The Morgan fingerprint density at radius 3 is 2.87 bits per heavy atom. The third-order valence-corrected chi connectivity index (χ3v) is 4.70. The molecule has 15 heavy (non-hydrogen) atoms. The minimum atomic E-state index is -1.78. The fourth-order valence-electron chi connectivity index (χ4n) is 3.79. The molecule has 3 aliphatic rings. The Kier molecular flexibility index (Phi) is 1.74. The molecule has 84 valence electrons. The van der Waals surface area contributed by atoms with Crippen LogP contribution >= 0.6 is 0 Å². The summed E-state index contributed by atoms with van der Waals surface area (Å²) in [6, 6.07) is 0. The molecule has 3 rings (SSSR count). The number of ether oxygens (including phenoxy) is 1. The second-order valence-electron chi connectivity index (χ2n) is 5.19. The lowest BCUT2D eigenvalue weighted by atomic mass is 9.71. The van der Waals surface area contributed by atoms with Crippen LogP contribution in [0.1, 0.15) is 19.3 Å². The highest BCUT2D eigenvalue weighted by atomic mass is 19.1. The van der Waals surface area contributed by atoms with Crippen LogP contribution < -0.4 is 5.32 Å². The van der Waals surface area contributed by atoms with Crippen molar-refractivity contribution in [2.24, 2.45) is 17.3 Å². The summed E-state index contributed by atoms with van der Waals surface area (Å²) in [7, 11) is 1.27. The first-order valence-electron chi connectivity index (χ1n) is 5.62. The van der Waals surface area contributed by atoms with Crippen molar-refractivity contribution < 1.29 is 13.9 Å². The maximum atomic E-state index is 14.8. The molecule has 2 aliphatic carbocycles. The fourth-order valence-corrected chi connectivity index (χ4v) is 3.79. The number of halogens is 1. The maximum Gasteiger partial charge on any atom is 0.345 e. The lowest BCUT2D eigenvalue weighted by molar-refractivity contribution is -0.162. The first kappa shape index (κ1) is 9.58. The van der Waals surface area contributed by atoms with Gasteiger partial charge < -0.3 is 10.1 Å². The molecular weight excluding hydrogens is 197 g/mol. The van der Waals surface area contributed by atoms with Gasteiger partial charge in [-0.25, -0.2) is 9.18 Å². The normalized spacial score (nSPS) is 51.9. The van der Waals surface area contributed by atoms with Crippen LogP contribution in [0.4, 0.5) is 4.39 Å². The molecule has 1 spiro atoms. The van der Waals surface area contributed by atoms with Crippen molar-refractivity contribution in [2.45, 2.75) is 24.9 Å². The van der Waals surface area contributed by atoms with E-state index in [-0.39, 0.29) is 6.54 Å². The van der Waals surface area contributed by atoms with Crippen molar-refractivity contribution >= 4 is 5.97 Å². The summed E-state index contributed by atoms with van der Waals surface area (Å²) in [6.07, 6.45) is 3.01. The van der Waals surface area contributed by atoms with Gasteiger partial charge in [0.15, 0.2) is 0 Å². The summed E-state index contributed by atoms with van der Waals surface area (Å²) in [4.78, 5) is 11.6. The van der Waals surface area contributed by atoms with Crippen LogP contribution in [-0.2, 0) is 9.53 Å². The molecular formula is C11H16FNO2. The van der Waals surface area contributed by atoms with Crippen molar-refractivity contribution in [3.05, 3.63) is 0 Å². The molecule has 3 nitrogen and oxygen atoms in total. The predicted octanol–water partition coefficient (Wildman–Crippen LogP) is 0.887. The van der Waals surface area contributed by atoms with E-state index in [1.54, 1.807) is 0 Å². The largest absolute Gasteiger partial charge is 0.467 e. The third kappa shape index (κ3) is 0.961. The van der Waals surface area contributed by atoms with E-state index in [4.69, 9.17) is 0 Å². The molecule has 3 fully saturated rings. The predicted molar refractivity (Wildman–Crippen MR) is 52.0 cm³/mol. The lowest BCUT2D eigenvalue weighted by Crippen LogP contribution is -2.51. The van der Waals surface area contributed by atoms with Crippen molar-refractivity contribution in [3.8, 4) is 0 Å². The van der Waals surface area contributed by atoms with Gasteiger partial charge in [0.2, 0.25) is 5.67 Å². The van der Waals surface area contributed by atoms with Crippen LogP contribution in [0.3, 0.4) is 0 Å². The molecule has 0 amide bonds. The zero-order chi connectivity index (χ0) is 10.7. The van der Waals surface area contributed by atoms with Crippen molar-refractivity contribution in [2.75, 3.05) is 20.2 Å². The van der Waals surface area contributed by atoms with Gasteiger partial charge in [0.1, 0.15) is 0 Å².